The van der Waals surface area contributed by atoms with Crippen molar-refractivity contribution in [2.45, 2.75) is 25.8 Å². The molecule has 19 heavy (non-hydrogen) atoms. The zero-order valence-electron chi connectivity index (χ0n) is 11.9. The van der Waals surface area contributed by atoms with E-state index in [0.717, 1.165) is 16.6 Å². The largest absolute Gasteiger partial charge is 0.303 e. The summed E-state index contributed by atoms with van der Waals surface area (Å²) >= 11 is 5.25. The highest BCUT2D eigenvalue weighted by molar-refractivity contribution is 9.10. The van der Waals surface area contributed by atoms with Gasteiger partial charge in [-0.2, -0.15) is 11.8 Å². The first-order chi connectivity index (χ1) is 9.04. The summed E-state index contributed by atoms with van der Waals surface area (Å²) in [5.74, 6) is 1.39. The summed E-state index contributed by atoms with van der Waals surface area (Å²) in [6, 6.07) is 8.12. The number of ketones is 1. The van der Waals surface area contributed by atoms with Crippen molar-refractivity contribution >= 4 is 33.5 Å². The lowest BCUT2D eigenvalue weighted by molar-refractivity contribution is 0.0962. The van der Waals surface area contributed by atoms with Crippen LogP contribution in [0.1, 0.15) is 30.1 Å². The lowest BCUT2D eigenvalue weighted by Crippen LogP contribution is -2.31. The number of carbonyl (C=O) groups excluding carboxylic acids is 1. The molecule has 0 heterocycles. The summed E-state index contributed by atoms with van der Waals surface area (Å²) in [6.45, 7) is 3.05. The lowest BCUT2D eigenvalue weighted by Gasteiger charge is -2.24. The third-order valence-corrected chi connectivity index (χ3v) is 4.52. The molecule has 0 saturated heterocycles. The normalized spacial score (nSPS) is 12.7. The Labute approximate surface area is 129 Å². The molecule has 0 N–H and O–H groups in total. The van der Waals surface area contributed by atoms with Crippen LogP contribution in [0.25, 0.3) is 0 Å². The highest BCUT2D eigenvalue weighted by Crippen LogP contribution is 2.13. The lowest BCUT2D eigenvalue weighted by atomic mass is 10.1. The van der Waals surface area contributed by atoms with Crippen LogP contribution in [0.4, 0.5) is 0 Å². The first kappa shape index (κ1) is 16.7. The molecule has 0 saturated carbocycles. The van der Waals surface area contributed by atoms with Crippen LogP contribution in [0, 0.1) is 0 Å². The number of carbonyl (C=O) groups is 1. The predicted octanol–water partition coefficient (Wildman–Crippen LogP) is 4.10. The number of Topliss-reactive ketones (excluding diaryl/α,β-unsaturated/α-hetero) is 1. The van der Waals surface area contributed by atoms with Crippen LogP contribution in [0.3, 0.4) is 0 Å². The molecule has 0 aliphatic rings. The number of thioether (sulfide) groups is 1. The van der Waals surface area contributed by atoms with Gasteiger partial charge in [-0.3, -0.25) is 4.79 Å². The molecular weight excluding hydrogens is 322 g/mol. The molecule has 106 valence electrons. The van der Waals surface area contributed by atoms with Crippen LogP contribution in [-0.4, -0.2) is 42.3 Å². The predicted molar refractivity (Wildman–Crippen MR) is 88.2 cm³/mol. The summed E-state index contributed by atoms with van der Waals surface area (Å²) in [5.41, 5.74) is 0.799. The topological polar surface area (TPSA) is 20.3 Å². The molecule has 0 fully saturated rings. The summed E-state index contributed by atoms with van der Waals surface area (Å²) in [7, 11) is 2.10. The average molecular weight is 344 g/mol. The molecule has 2 nitrogen and oxygen atoms in total. The maximum absolute atomic E-state index is 12.1. The fourth-order valence-electron chi connectivity index (χ4n) is 1.79. The van der Waals surface area contributed by atoms with Crippen LogP contribution >= 0.6 is 27.7 Å². The Bertz CT molecular complexity index is 394. The van der Waals surface area contributed by atoms with Crippen molar-refractivity contribution in [3.05, 3.63) is 34.3 Å². The Morgan fingerprint density at radius 2 is 2.00 bits per heavy atom. The van der Waals surface area contributed by atoms with Crippen molar-refractivity contribution in [3.63, 3.8) is 0 Å². The maximum Gasteiger partial charge on any atom is 0.164 e. The van der Waals surface area contributed by atoms with E-state index in [-0.39, 0.29) is 5.78 Å². The van der Waals surface area contributed by atoms with Crippen LogP contribution in [0.15, 0.2) is 28.7 Å². The van der Waals surface area contributed by atoms with E-state index in [1.807, 2.05) is 36.0 Å². The molecule has 0 bridgehead atoms. The molecule has 1 rings (SSSR count). The Balaban J connectivity index is 2.39. The van der Waals surface area contributed by atoms with Crippen LogP contribution < -0.4 is 0 Å². The molecule has 0 aromatic heterocycles. The van der Waals surface area contributed by atoms with Gasteiger partial charge in [0.2, 0.25) is 0 Å². The Kier molecular flexibility index (Phi) is 7.73. The fraction of sp³-hybridized carbons (Fsp3) is 0.533. The highest BCUT2D eigenvalue weighted by atomic mass is 79.9. The van der Waals surface area contributed by atoms with Crippen molar-refractivity contribution in [1.29, 1.82) is 0 Å². The Morgan fingerprint density at radius 3 is 2.58 bits per heavy atom. The smallest absolute Gasteiger partial charge is 0.164 e. The molecule has 1 aromatic rings. The van der Waals surface area contributed by atoms with Gasteiger partial charge in [-0.05, 0) is 44.5 Å². The van der Waals surface area contributed by atoms with E-state index in [1.165, 1.54) is 12.2 Å². The Morgan fingerprint density at radius 1 is 1.37 bits per heavy atom. The number of halogens is 1. The van der Waals surface area contributed by atoms with E-state index in [1.54, 1.807) is 0 Å². The molecule has 0 amide bonds. The maximum atomic E-state index is 12.1. The monoisotopic (exact) mass is 343 g/mol. The van der Waals surface area contributed by atoms with Gasteiger partial charge in [0, 0.05) is 29.0 Å². The van der Waals surface area contributed by atoms with Crippen molar-refractivity contribution < 1.29 is 4.79 Å². The molecule has 4 heteroatoms. The van der Waals surface area contributed by atoms with Crippen LogP contribution in [0.5, 0.6) is 0 Å². The molecular formula is C15H22BrNOS. The van der Waals surface area contributed by atoms with E-state index >= 15 is 0 Å². The molecule has 0 aliphatic heterocycles. The van der Waals surface area contributed by atoms with Gasteiger partial charge in [0.05, 0.1) is 0 Å². The van der Waals surface area contributed by atoms with Crippen molar-refractivity contribution in [2.75, 3.05) is 25.6 Å². The standard InChI is InChI=1S/C15H22BrNOS/c1-12(9-11-19-3)17(2)10-8-15(18)13-4-6-14(16)7-5-13/h4-7,12H,8-11H2,1-3H3. The van der Waals surface area contributed by atoms with E-state index in [0.29, 0.717) is 12.5 Å². The van der Waals surface area contributed by atoms with Gasteiger partial charge in [-0.1, -0.05) is 28.1 Å². The van der Waals surface area contributed by atoms with Crippen molar-refractivity contribution in [1.82, 2.24) is 4.90 Å². The van der Waals surface area contributed by atoms with Crippen LogP contribution in [0.2, 0.25) is 0 Å². The minimum atomic E-state index is 0.219. The third kappa shape index (κ3) is 6.11. The SMILES string of the molecule is CSCCC(C)N(C)CCC(=O)c1ccc(Br)cc1. The van der Waals surface area contributed by atoms with Gasteiger partial charge in [-0.15, -0.1) is 0 Å². The zero-order valence-corrected chi connectivity index (χ0v) is 14.3. The number of benzene rings is 1. The third-order valence-electron chi connectivity index (χ3n) is 3.35. The molecule has 0 radical (unpaired) electrons. The van der Waals surface area contributed by atoms with Gasteiger partial charge >= 0.3 is 0 Å². The molecule has 1 aromatic carbocycles. The first-order valence-electron chi connectivity index (χ1n) is 6.52. The number of rotatable bonds is 8. The minimum absolute atomic E-state index is 0.219. The van der Waals surface area contributed by atoms with Crippen LogP contribution in [-0.2, 0) is 0 Å². The zero-order chi connectivity index (χ0) is 14.3. The van der Waals surface area contributed by atoms with Gasteiger partial charge < -0.3 is 4.90 Å². The minimum Gasteiger partial charge on any atom is -0.303 e. The summed E-state index contributed by atoms with van der Waals surface area (Å²) in [5, 5.41) is 0. The van der Waals surface area contributed by atoms with Crippen molar-refractivity contribution in [2.24, 2.45) is 0 Å². The molecule has 1 unspecified atom stereocenters. The summed E-state index contributed by atoms with van der Waals surface area (Å²) in [6.07, 6.45) is 3.88. The second-order valence-corrected chi connectivity index (χ2v) is 6.69. The highest BCUT2D eigenvalue weighted by Gasteiger charge is 2.11. The van der Waals surface area contributed by atoms with Gasteiger partial charge in [0.25, 0.3) is 0 Å². The first-order valence-corrected chi connectivity index (χ1v) is 8.71. The van der Waals surface area contributed by atoms with E-state index < -0.39 is 0 Å². The van der Waals surface area contributed by atoms with Crippen molar-refractivity contribution in [3.8, 4) is 0 Å². The van der Waals surface area contributed by atoms with E-state index in [2.05, 4.69) is 41.1 Å². The summed E-state index contributed by atoms with van der Waals surface area (Å²) < 4.78 is 1.01. The quantitative estimate of drug-likeness (QED) is 0.663. The van der Waals surface area contributed by atoms with Gasteiger partial charge in [-0.25, -0.2) is 0 Å². The number of hydrogen-bond donors (Lipinski definition) is 0. The molecule has 0 aliphatic carbocycles. The molecule has 0 spiro atoms. The van der Waals surface area contributed by atoms with Gasteiger partial charge in [0.1, 0.15) is 0 Å². The molecule has 1 atom stereocenters. The van der Waals surface area contributed by atoms with E-state index in [4.69, 9.17) is 0 Å². The second-order valence-electron chi connectivity index (χ2n) is 4.79. The summed E-state index contributed by atoms with van der Waals surface area (Å²) in [4.78, 5) is 14.3. The average Bonchev–Trinajstić information content (AvgIpc) is 2.42. The number of nitrogens with zero attached hydrogens (tertiary/aromatic N) is 1. The van der Waals surface area contributed by atoms with E-state index in [9.17, 15) is 4.79 Å². The second kappa shape index (κ2) is 8.77. The fourth-order valence-corrected chi connectivity index (χ4v) is 2.63. The van der Waals surface area contributed by atoms with Gasteiger partial charge in [0.15, 0.2) is 5.78 Å². The number of hydrogen-bond acceptors (Lipinski definition) is 3. The Hall–Kier alpha value is -0.320.